The molecule has 0 radical (unpaired) electrons. The molecule has 0 amide bonds. The number of nitrogens with zero attached hydrogens (tertiary/aromatic N) is 2. The molecule has 2 heterocycles. The Bertz CT molecular complexity index is 808. The minimum Gasteiger partial charge on any atom is -0.370 e. The third-order valence-corrected chi connectivity index (χ3v) is 6.65. The third kappa shape index (κ3) is 2.87. The molecule has 0 bridgehead atoms. The van der Waals surface area contributed by atoms with E-state index in [0.717, 1.165) is 5.56 Å². The monoisotopic (exact) mass is 350 g/mol. The van der Waals surface area contributed by atoms with E-state index in [2.05, 4.69) is 5.16 Å². The van der Waals surface area contributed by atoms with Crippen LogP contribution in [0.5, 0.6) is 0 Å². The van der Waals surface area contributed by atoms with Crippen LogP contribution in [0.25, 0.3) is 0 Å². The van der Waals surface area contributed by atoms with Crippen LogP contribution in [0.15, 0.2) is 39.8 Å². The maximum absolute atomic E-state index is 13.3. The molecule has 1 unspecified atom stereocenters. The number of sulfonamides is 1. The average molecular weight is 350 g/mol. The van der Waals surface area contributed by atoms with Crippen LogP contribution >= 0.6 is 0 Å². The van der Waals surface area contributed by atoms with Crippen LogP contribution in [0.3, 0.4) is 0 Å². The van der Waals surface area contributed by atoms with Crippen molar-refractivity contribution in [2.45, 2.75) is 44.2 Å². The van der Waals surface area contributed by atoms with E-state index in [1.165, 1.54) is 4.31 Å². The third-order valence-electron chi connectivity index (χ3n) is 4.33. The molecule has 1 fully saturated rings. The van der Waals surface area contributed by atoms with E-state index in [9.17, 15) is 8.42 Å². The van der Waals surface area contributed by atoms with Crippen molar-refractivity contribution in [2.24, 2.45) is 0 Å². The van der Waals surface area contributed by atoms with Gasteiger partial charge in [0.15, 0.2) is 5.76 Å². The number of ether oxygens (including phenoxy) is 1. The molecule has 24 heavy (non-hydrogen) atoms. The summed E-state index contributed by atoms with van der Waals surface area (Å²) in [6, 6.07) is 9.67. The minimum atomic E-state index is -3.73. The second kappa shape index (κ2) is 5.98. The first-order valence-electron chi connectivity index (χ1n) is 7.86. The van der Waals surface area contributed by atoms with Crippen LogP contribution in [-0.4, -0.2) is 36.6 Å². The first-order chi connectivity index (χ1) is 11.2. The topological polar surface area (TPSA) is 72.6 Å². The zero-order chi connectivity index (χ0) is 17.5. The molecule has 7 heteroatoms. The summed E-state index contributed by atoms with van der Waals surface area (Å²) in [4.78, 5) is 0.157. The lowest BCUT2D eigenvalue weighted by Gasteiger charge is -2.44. The van der Waals surface area contributed by atoms with E-state index in [1.807, 2.05) is 44.2 Å². The number of hydrogen-bond donors (Lipinski definition) is 0. The number of morpholine rings is 1. The van der Waals surface area contributed by atoms with Gasteiger partial charge in [0.25, 0.3) is 0 Å². The van der Waals surface area contributed by atoms with Gasteiger partial charge in [0.05, 0.1) is 18.2 Å². The molecule has 1 aromatic carbocycles. The van der Waals surface area contributed by atoms with Crippen LogP contribution in [0, 0.1) is 13.8 Å². The molecule has 0 spiro atoms. The Kier molecular flexibility index (Phi) is 4.27. The number of rotatable bonds is 3. The maximum Gasteiger partial charge on any atom is 0.249 e. The summed E-state index contributed by atoms with van der Waals surface area (Å²) >= 11 is 0. The summed E-state index contributed by atoms with van der Waals surface area (Å²) in [5.41, 5.74) is 0.693. The molecular weight excluding hydrogens is 328 g/mol. The van der Waals surface area contributed by atoms with Gasteiger partial charge < -0.3 is 9.26 Å². The highest BCUT2D eigenvalue weighted by molar-refractivity contribution is 7.89. The molecule has 0 saturated carbocycles. The van der Waals surface area contributed by atoms with Gasteiger partial charge in [-0.05, 0) is 33.3 Å². The van der Waals surface area contributed by atoms with Crippen molar-refractivity contribution < 1.29 is 17.7 Å². The van der Waals surface area contributed by atoms with Crippen LogP contribution in [-0.2, 0) is 14.8 Å². The molecule has 0 N–H and O–H groups in total. The van der Waals surface area contributed by atoms with Crippen LogP contribution in [0.1, 0.15) is 37.0 Å². The molecule has 0 aliphatic carbocycles. The Labute approximate surface area is 142 Å². The van der Waals surface area contributed by atoms with E-state index >= 15 is 0 Å². The highest BCUT2D eigenvalue weighted by Crippen LogP contribution is 2.36. The van der Waals surface area contributed by atoms with Gasteiger partial charge in [-0.3, -0.25) is 0 Å². The van der Waals surface area contributed by atoms with E-state index in [0.29, 0.717) is 18.1 Å². The predicted molar refractivity (Wildman–Crippen MR) is 89.1 cm³/mol. The van der Waals surface area contributed by atoms with Gasteiger partial charge in [-0.2, -0.15) is 4.31 Å². The molecule has 130 valence electrons. The maximum atomic E-state index is 13.3. The molecule has 3 rings (SSSR count). The Morgan fingerprint density at radius 3 is 2.46 bits per heavy atom. The van der Waals surface area contributed by atoms with Crippen molar-refractivity contribution in [3.8, 4) is 0 Å². The van der Waals surface area contributed by atoms with Crippen LogP contribution in [0.2, 0.25) is 0 Å². The molecule has 1 aromatic heterocycles. The molecule has 1 aliphatic heterocycles. The van der Waals surface area contributed by atoms with Crippen LogP contribution < -0.4 is 0 Å². The first-order valence-corrected chi connectivity index (χ1v) is 9.30. The van der Waals surface area contributed by atoms with Crippen molar-refractivity contribution in [1.29, 1.82) is 0 Å². The molecule has 1 saturated heterocycles. The number of aryl methyl sites for hydroxylation is 2. The lowest BCUT2D eigenvalue weighted by Crippen LogP contribution is -2.56. The lowest BCUT2D eigenvalue weighted by molar-refractivity contribution is -0.0655. The van der Waals surface area contributed by atoms with E-state index < -0.39 is 15.6 Å². The normalized spacial score (nSPS) is 21.8. The Balaban J connectivity index is 2.00. The summed E-state index contributed by atoms with van der Waals surface area (Å²) in [6.07, 6.45) is -0.297. The van der Waals surface area contributed by atoms with Crippen molar-refractivity contribution in [3.63, 3.8) is 0 Å². The average Bonchev–Trinajstić information content (AvgIpc) is 2.87. The molecule has 2 aromatic rings. The zero-order valence-electron chi connectivity index (χ0n) is 14.3. The Morgan fingerprint density at radius 2 is 1.88 bits per heavy atom. The van der Waals surface area contributed by atoms with Crippen LogP contribution in [0.4, 0.5) is 0 Å². The van der Waals surface area contributed by atoms with E-state index in [4.69, 9.17) is 9.26 Å². The van der Waals surface area contributed by atoms with Crippen molar-refractivity contribution in [2.75, 3.05) is 13.2 Å². The van der Waals surface area contributed by atoms with Gasteiger partial charge in [-0.15, -0.1) is 0 Å². The smallest absolute Gasteiger partial charge is 0.249 e. The fourth-order valence-corrected chi connectivity index (χ4v) is 5.14. The fraction of sp³-hybridized carbons (Fsp3) is 0.471. The van der Waals surface area contributed by atoms with Gasteiger partial charge in [0, 0.05) is 6.54 Å². The summed E-state index contributed by atoms with van der Waals surface area (Å²) in [5.74, 6) is 0.311. The van der Waals surface area contributed by atoms with Crippen molar-refractivity contribution >= 4 is 10.0 Å². The largest absolute Gasteiger partial charge is 0.370 e. The Morgan fingerprint density at radius 1 is 1.21 bits per heavy atom. The number of aromatic nitrogens is 1. The molecule has 1 aliphatic rings. The SMILES string of the molecule is Cc1noc(C)c1S(=O)(=O)N1CC(c2ccccc2)OCC1(C)C. The van der Waals surface area contributed by atoms with Gasteiger partial charge >= 0.3 is 0 Å². The second-order valence-corrected chi connectivity index (χ2v) is 8.51. The quantitative estimate of drug-likeness (QED) is 0.851. The number of benzene rings is 1. The molecule has 6 nitrogen and oxygen atoms in total. The zero-order valence-corrected chi connectivity index (χ0v) is 15.1. The minimum absolute atomic E-state index is 0.157. The van der Waals surface area contributed by atoms with E-state index in [1.54, 1.807) is 13.8 Å². The second-order valence-electron chi connectivity index (χ2n) is 6.71. The van der Waals surface area contributed by atoms with E-state index in [-0.39, 0.29) is 17.5 Å². The Hall–Kier alpha value is -1.70. The highest BCUT2D eigenvalue weighted by atomic mass is 32.2. The van der Waals surface area contributed by atoms with Gasteiger partial charge in [0.1, 0.15) is 10.6 Å². The standard InChI is InChI=1S/C17H22N2O4S/c1-12-16(13(2)23-18-12)24(20,21)19-10-15(22-11-17(19,3)4)14-8-6-5-7-9-14/h5-9,15H,10-11H2,1-4H3. The summed E-state index contributed by atoms with van der Waals surface area (Å²) in [7, 11) is -3.73. The van der Waals surface area contributed by atoms with Gasteiger partial charge in [0.2, 0.25) is 10.0 Å². The summed E-state index contributed by atoms with van der Waals surface area (Å²) < 4.78 is 39.0. The van der Waals surface area contributed by atoms with Crippen molar-refractivity contribution in [3.05, 3.63) is 47.3 Å². The fourth-order valence-electron chi connectivity index (χ4n) is 3.07. The summed E-state index contributed by atoms with van der Waals surface area (Å²) in [6.45, 7) is 7.56. The summed E-state index contributed by atoms with van der Waals surface area (Å²) in [5, 5.41) is 3.79. The molecular formula is C17H22N2O4S. The number of hydrogen-bond acceptors (Lipinski definition) is 5. The first kappa shape index (κ1) is 17.1. The van der Waals surface area contributed by atoms with Crippen molar-refractivity contribution in [1.82, 2.24) is 9.46 Å². The predicted octanol–water partition coefficient (Wildman–Crippen LogP) is 2.83. The highest BCUT2D eigenvalue weighted by Gasteiger charge is 2.45. The van der Waals surface area contributed by atoms with Gasteiger partial charge in [-0.25, -0.2) is 8.42 Å². The van der Waals surface area contributed by atoms with Gasteiger partial charge in [-0.1, -0.05) is 35.5 Å². The molecule has 1 atom stereocenters. The lowest BCUT2D eigenvalue weighted by atomic mass is 10.0.